The highest BCUT2D eigenvalue weighted by molar-refractivity contribution is 7.47. The number of esters is 2. The van der Waals surface area contributed by atoms with Gasteiger partial charge in [-0.25, -0.2) is 4.57 Å². The molecule has 0 saturated carbocycles. The van der Waals surface area contributed by atoms with Crippen molar-refractivity contribution in [3.8, 4) is 0 Å². The van der Waals surface area contributed by atoms with E-state index in [2.05, 4.69) is 26.0 Å². The maximum absolute atomic E-state index is 12.9. The molecule has 0 aromatic carbocycles. The molecular weight excluding hydrogens is 1100 g/mol. The number of unbranched alkanes of at least 4 members (excludes halogenated alkanes) is 58. The SMILES string of the molecule is CCCCCCCCCC/C=C\CCCCCCCCCCCCCCCCCCCC(=O)OC(COC(=O)CCCCCCCCCCCCCCCCCCCCCCCCCCCCCCCCCCCC)COP(=O)(O)OCC[N+](C)(C)C. The second-order valence-corrected chi connectivity index (χ2v) is 29.6. The third-order valence-corrected chi connectivity index (χ3v) is 19.0. The first-order valence-corrected chi connectivity index (χ1v) is 40.4. The number of carbonyl (C=O) groups is 2. The topological polar surface area (TPSA) is 108 Å². The standard InChI is InChI=1S/C77H152NO8P/c1-6-8-10-12-14-16-18-20-22-24-26-28-30-32-34-36-37-38-39-40-42-43-45-47-49-51-53-55-57-59-61-63-65-67-69-76(79)83-73-75(74-85-87(81,82)84-72-71-78(3,4)5)86-77(80)70-68-66-64-62-60-58-56-54-52-50-48-46-44-41-35-33-31-29-27-25-23-21-19-17-15-13-11-9-7-2/h25,27,75H,6-24,26,28-74H2,1-5H3/p+1/b27-25-. The number of carbonyl (C=O) groups excluding carboxylic acids is 2. The van der Waals surface area contributed by atoms with E-state index in [4.69, 9.17) is 18.5 Å². The summed E-state index contributed by atoms with van der Waals surface area (Å²) in [5.41, 5.74) is 0. The van der Waals surface area contributed by atoms with Gasteiger partial charge in [-0.2, -0.15) is 0 Å². The average Bonchev–Trinajstić information content (AvgIpc) is 3.56. The van der Waals surface area contributed by atoms with Crippen LogP contribution in [0.25, 0.3) is 0 Å². The smallest absolute Gasteiger partial charge is 0.462 e. The lowest BCUT2D eigenvalue weighted by Gasteiger charge is -2.24. The van der Waals surface area contributed by atoms with Crippen LogP contribution in [-0.2, 0) is 32.7 Å². The van der Waals surface area contributed by atoms with Crippen LogP contribution in [0.4, 0.5) is 0 Å². The van der Waals surface area contributed by atoms with Crippen LogP contribution in [0, 0.1) is 0 Å². The molecule has 0 heterocycles. The van der Waals surface area contributed by atoms with Crippen LogP contribution in [0.5, 0.6) is 0 Å². The summed E-state index contributed by atoms with van der Waals surface area (Å²) in [7, 11) is 1.51. The molecule has 518 valence electrons. The number of hydrogen-bond donors (Lipinski definition) is 1. The fraction of sp³-hybridized carbons (Fsp3) is 0.948. The lowest BCUT2D eigenvalue weighted by molar-refractivity contribution is -0.870. The number of phosphoric ester groups is 1. The Morgan fingerprint density at radius 2 is 0.586 bits per heavy atom. The Morgan fingerprint density at radius 1 is 0.345 bits per heavy atom. The van der Waals surface area contributed by atoms with Gasteiger partial charge < -0.3 is 18.9 Å². The summed E-state index contributed by atoms with van der Waals surface area (Å²) in [5, 5.41) is 0. The van der Waals surface area contributed by atoms with Gasteiger partial charge in [0.1, 0.15) is 19.8 Å². The molecule has 0 aromatic heterocycles. The van der Waals surface area contributed by atoms with Gasteiger partial charge in [0.25, 0.3) is 0 Å². The summed E-state index contributed by atoms with van der Waals surface area (Å²) in [4.78, 5) is 35.9. The Kier molecular flexibility index (Phi) is 68.1. The Bertz CT molecular complexity index is 1470. The Hall–Kier alpha value is -1.25. The van der Waals surface area contributed by atoms with E-state index in [1.807, 2.05) is 21.1 Å². The summed E-state index contributed by atoms with van der Waals surface area (Å²) in [5.74, 6) is -0.768. The monoisotopic (exact) mass is 1250 g/mol. The fourth-order valence-electron chi connectivity index (χ4n) is 12.1. The molecule has 9 nitrogen and oxygen atoms in total. The predicted molar refractivity (Wildman–Crippen MR) is 377 cm³/mol. The second kappa shape index (κ2) is 69.1. The van der Waals surface area contributed by atoms with Crippen molar-refractivity contribution in [1.82, 2.24) is 0 Å². The van der Waals surface area contributed by atoms with Crippen molar-refractivity contribution in [3.05, 3.63) is 12.2 Å². The van der Waals surface area contributed by atoms with E-state index in [0.717, 1.165) is 38.5 Å². The molecule has 2 unspecified atom stereocenters. The Morgan fingerprint density at radius 3 is 0.851 bits per heavy atom. The Balaban J connectivity index is 3.91. The molecule has 0 fully saturated rings. The van der Waals surface area contributed by atoms with Crippen LogP contribution in [0.3, 0.4) is 0 Å². The largest absolute Gasteiger partial charge is 0.472 e. The first-order valence-electron chi connectivity index (χ1n) is 38.9. The van der Waals surface area contributed by atoms with Crippen LogP contribution in [-0.4, -0.2) is 74.9 Å². The van der Waals surface area contributed by atoms with Gasteiger partial charge in [0.15, 0.2) is 6.10 Å². The molecule has 2 atom stereocenters. The summed E-state index contributed by atoms with van der Waals surface area (Å²) >= 11 is 0. The van der Waals surface area contributed by atoms with Crippen LogP contribution in [0.15, 0.2) is 12.2 Å². The number of nitrogens with zero attached hydrogens (tertiary/aromatic N) is 1. The van der Waals surface area contributed by atoms with Gasteiger partial charge in [0.05, 0.1) is 27.7 Å². The average molecular weight is 1250 g/mol. The zero-order chi connectivity index (χ0) is 63.4. The normalized spacial score (nSPS) is 13.0. The van der Waals surface area contributed by atoms with Crippen LogP contribution >= 0.6 is 7.82 Å². The van der Waals surface area contributed by atoms with E-state index in [-0.39, 0.29) is 25.6 Å². The van der Waals surface area contributed by atoms with E-state index in [9.17, 15) is 19.0 Å². The summed E-state index contributed by atoms with van der Waals surface area (Å²) in [6.45, 7) is 4.53. The molecule has 0 rings (SSSR count). The minimum atomic E-state index is -4.39. The highest BCUT2D eigenvalue weighted by Crippen LogP contribution is 2.43. The highest BCUT2D eigenvalue weighted by Gasteiger charge is 2.27. The number of likely N-dealkylation sites (N-methyl/N-ethyl adjacent to an activating group) is 1. The van der Waals surface area contributed by atoms with Crippen LogP contribution < -0.4 is 0 Å². The molecule has 0 aliphatic carbocycles. The summed E-state index contributed by atoms with van der Waals surface area (Å²) in [6.07, 6.45) is 86.4. The molecule has 0 aromatic rings. The summed E-state index contributed by atoms with van der Waals surface area (Å²) in [6, 6.07) is 0. The minimum Gasteiger partial charge on any atom is -0.462 e. The predicted octanol–water partition coefficient (Wildman–Crippen LogP) is 25.5. The van der Waals surface area contributed by atoms with Crippen molar-refractivity contribution < 1.29 is 42.1 Å². The van der Waals surface area contributed by atoms with E-state index in [0.29, 0.717) is 17.4 Å². The molecule has 0 spiro atoms. The maximum atomic E-state index is 12.9. The zero-order valence-electron chi connectivity index (χ0n) is 59.3. The van der Waals surface area contributed by atoms with Gasteiger partial charge >= 0.3 is 19.8 Å². The highest BCUT2D eigenvalue weighted by atomic mass is 31.2. The van der Waals surface area contributed by atoms with Crippen molar-refractivity contribution in [1.29, 1.82) is 0 Å². The zero-order valence-corrected chi connectivity index (χ0v) is 60.2. The maximum Gasteiger partial charge on any atom is 0.472 e. The van der Waals surface area contributed by atoms with Gasteiger partial charge in [-0.3, -0.25) is 18.6 Å². The van der Waals surface area contributed by atoms with Crippen molar-refractivity contribution in [2.75, 3.05) is 47.5 Å². The molecule has 10 heteroatoms. The van der Waals surface area contributed by atoms with Crippen molar-refractivity contribution >= 4 is 19.8 Å². The molecular formula is C77H153NO8P+. The molecule has 0 amide bonds. The molecule has 87 heavy (non-hydrogen) atoms. The van der Waals surface area contributed by atoms with Crippen molar-refractivity contribution in [3.63, 3.8) is 0 Å². The molecule has 1 N–H and O–H groups in total. The number of quaternary nitrogens is 1. The van der Waals surface area contributed by atoms with E-state index < -0.39 is 26.5 Å². The lowest BCUT2D eigenvalue weighted by Crippen LogP contribution is -2.37. The number of allylic oxidation sites excluding steroid dienone is 2. The number of hydrogen-bond acceptors (Lipinski definition) is 7. The van der Waals surface area contributed by atoms with Gasteiger partial charge in [-0.1, -0.05) is 379 Å². The van der Waals surface area contributed by atoms with E-state index >= 15 is 0 Å². The molecule has 0 bridgehead atoms. The van der Waals surface area contributed by atoms with E-state index in [1.54, 1.807) is 0 Å². The minimum absolute atomic E-state index is 0.0366. The number of ether oxygens (including phenoxy) is 2. The quantitative estimate of drug-likeness (QED) is 0.0211. The Labute approximate surface area is 543 Å². The molecule has 0 aliphatic heterocycles. The van der Waals surface area contributed by atoms with Gasteiger partial charge in [0.2, 0.25) is 0 Å². The third kappa shape index (κ3) is 73.7. The van der Waals surface area contributed by atoms with Gasteiger partial charge in [0, 0.05) is 12.8 Å². The summed E-state index contributed by atoms with van der Waals surface area (Å²) < 4.78 is 34.8. The first-order chi connectivity index (χ1) is 42.5. The molecule has 0 aliphatic rings. The first kappa shape index (κ1) is 85.8. The van der Waals surface area contributed by atoms with Gasteiger partial charge in [-0.05, 0) is 38.5 Å². The van der Waals surface area contributed by atoms with Crippen molar-refractivity contribution in [2.45, 2.75) is 424 Å². The van der Waals surface area contributed by atoms with Crippen LogP contribution in [0.2, 0.25) is 0 Å². The van der Waals surface area contributed by atoms with Gasteiger partial charge in [-0.15, -0.1) is 0 Å². The van der Waals surface area contributed by atoms with Crippen LogP contribution in [0.1, 0.15) is 418 Å². The number of phosphoric acid groups is 1. The lowest BCUT2D eigenvalue weighted by atomic mass is 10.0. The fourth-order valence-corrected chi connectivity index (χ4v) is 12.8. The second-order valence-electron chi connectivity index (χ2n) is 28.1. The molecule has 0 saturated heterocycles. The third-order valence-electron chi connectivity index (χ3n) is 18.0. The number of rotatable bonds is 74. The van der Waals surface area contributed by atoms with Crippen molar-refractivity contribution in [2.24, 2.45) is 0 Å². The van der Waals surface area contributed by atoms with E-state index in [1.165, 1.54) is 353 Å². The molecule has 0 radical (unpaired) electrons.